The average molecular weight is 283 g/mol. The van der Waals surface area contributed by atoms with Gasteiger partial charge in [-0.1, -0.05) is 42.3 Å². The van der Waals surface area contributed by atoms with E-state index in [4.69, 9.17) is 10.3 Å². The van der Waals surface area contributed by atoms with Crippen molar-refractivity contribution >= 4 is 0 Å². The van der Waals surface area contributed by atoms with Gasteiger partial charge in [0, 0.05) is 0 Å². The maximum Gasteiger partial charge on any atom is 0.234 e. The van der Waals surface area contributed by atoms with Crippen LogP contribution in [0.25, 0.3) is 0 Å². The summed E-state index contributed by atoms with van der Waals surface area (Å²) in [5.74, 6) is 1.69. The fraction of sp³-hybridized carbons (Fsp3) is 0.529. The van der Waals surface area contributed by atoms with Gasteiger partial charge in [0.2, 0.25) is 5.89 Å². The summed E-state index contributed by atoms with van der Waals surface area (Å²) in [6.45, 7) is 0. The number of nitrogens with zero attached hydrogens (tertiary/aromatic N) is 2. The van der Waals surface area contributed by atoms with Crippen molar-refractivity contribution < 1.29 is 4.52 Å². The average Bonchev–Trinajstić information content (AvgIpc) is 3.16. The minimum atomic E-state index is -0.365. The molecule has 2 aliphatic carbocycles. The van der Waals surface area contributed by atoms with E-state index in [9.17, 15) is 0 Å². The van der Waals surface area contributed by atoms with Crippen molar-refractivity contribution in [3.63, 3.8) is 0 Å². The number of fused-ring (bicyclic) bond motifs is 1. The summed E-state index contributed by atoms with van der Waals surface area (Å²) in [7, 11) is 0. The zero-order valence-electron chi connectivity index (χ0n) is 12.2. The molecule has 0 saturated heterocycles. The molecule has 2 N–H and O–H groups in total. The zero-order valence-corrected chi connectivity index (χ0v) is 12.2. The Labute approximate surface area is 124 Å². The van der Waals surface area contributed by atoms with E-state index in [-0.39, 0.29) is 11.5 Å². The van der Waals surface area contributed by atoms with Gasteiger partial charge >= 0.3 is 0 Å². The van der Waals surface area contributed by atoms with Crippen LogP contribution in [0.15, 0.2) is 28.8 Å². The second kappa shape index (κ2) is 4.95. The molecule has 1 heterocycles. The third-order valence-corrected chi connectivity index (χ3v) is 5.05. The highest BCUT2D eigenvalue weighted by Gasteiger charge is 2.37. The van der Waals surface area contributed by atoms with Crippen molar-refractivity contribution in [1.29, 1.82) is 0 Å². The van der Waals surface area contributed by atoms with Crippen LogP contribution in [-0.2, 0) is 12.0 Å². The highest BCUT2D eigenvalue weighted by Crippen LogP contribution is 2.38. The number of hydrogen-bond donors (Lipinski definition) is 1. The lowest BCUT2D eigenvalue weighted by molar-refractivity contribution is 0.334. The van der Waals surface area contributed by atoms with Gasteiger partial charge < -0.3 is 10.3 Å². The van der Waals surface area contributed by atoms with E-state index in [1.165, 1.54) is 17.5 Å². The molecule has 1 unspecified atom stereocenters. The van der Waals surface area contributed by atoms with Crippen LogP contribution in [0.3, 0.4) is 0 Å². The molecule has 0 aliphatic heterocycles. The van der Waals surface area contributed by atoms with Crippen molar-refractivity contribution in [2.24, 2.45) is 5.73 Å². The summed E-state index contributed by atoms with van der Waals surface area (Å²) in [6.07, 6.45) is 7.65. The second-order valence-corrected chi connectivity index (χ2v) is 6.46. The van der Waals surface area contributed by atoms with Crippen LogP contribution in [0.5, 0.6) is 0 Å². The standard InChI is InChI=1S/C17H21N3O/c18-17(10-3-4-11-17)16-19-15(21-20-16)14-9-5-7-12-6-1-2-8-13(12)14/h1-2,6,8,14H,3-5,7,9-11,18H2. The van der Waals surface area contributed by atoms with Gasteiger partial charge in [0.15, 0.2) is 5.82 Å². The molecule has 1 aromatic carbocycles. The first-order valence-electron chi connectivity index (χ1n) is 7.97. The fourth-order valence-corrected chi connectivity index (χ4v) is 3.82. The van der Waals surface area contributed by atoms with E-state index in [2.05, 4.69) is 34.4 Å². The predicted octanol–water partition coefficient (Wildman–Crippen LogP) is 3.27. The molecule has 0 bridgehead atoms. The molecule has 4 rings (SSSR count). The Morgan fingerprint density at radius 1 is 1.14 bits per heavy atom. The minimum Gasteiger partial charge on any atom is -0.339 e. The van der Waals surface area contributed by atoms with Gasteiger partial charge in [-0.25, -0.2) is 0 Å². The van der Waals surface area contributed by atoms with Crippen molar-refractivity contribution in [2.75, 3.05) is 0 Å². The molecule has 21 heavy (non-hydrogen) atoms. The van der Waals surface area contributed by atoms with E-state index in [1.807, 2.05) is 0 Å². The molecule has 4 heteroatoms. The van der Waals surface area contributed by atoms with Crippen molar-refractivity contribution in [3.8, 4) is 0 Å². The summed E-state index contributed by atoms with van der Waals surface area (Å²) in [4.78, 5) is 4.68. The maximum absolute atomic E-state index is 6.43. The van der Waals surface area contributed by atoms with Crippen molar-refractivity contribution in [3.05, 3.63) is 47.1 Å². The Balaban J connectivity index is 1.68. The van der Waals surface area contributed by atoms with Crippen LogP contribution >= 0.6 is 0 Å². The Morgan fingerprint density at radius 3 is 2.81 bits per heavy atom. The molecule has 1 fully saturated rings. The molecular weight excluding hydrogens is 262 g/mol. The number of benzene rings is 1. The molecule has 1 saturated carbocycles. The Morgan fingerprint density at radius 2 is 1.95 bits per heavy atom. The SMILES string of the molecule is NC1(c2noc(C3CCCc4ccccc43)n2)CCCC1. The molecule has 0 radical (unpaired) electrons. The van der Waals surface area contributed by atoms with Crippen LogP contribution in [0.4, 0.5) is 0 Å². The smallest absolute Gasteiger partial charge is 0.234 e. The quantitative estimate of drug-likeness (QED) is 0.918. The van der Waals surface area contributed by atoms with E-state index in [0.29, 0.717) is 5.82 Å². The van der Waals surface area contributed by atoms with Crippen LogP contribution in [0.2, 0.25) is 0 Å². The number of aryl methyl sites for hydroxylation is 1. The third kappa shape index (κ3) is 2.18. The van der Waals surface area contributed by atoms with Crippen LogP contribution in [-0.4, -0.2) is 10.1 Å². The minimum absolute atomic E-state index is 0.237. The van der Waals surface area contributed by atoms with Crippen LogP contribution < -0.4 is 5.73 Å². The van der Waals surface area contributed by atoms with Gasteiger partial charge in [-0.2, -0.15) is 4.98 Å². The van der Waals surface area contributed by atoms with Crippen molar-refractivity contribution in [1.82, 2.24) is 10.1 Å². The van der Waals surface area contributed by atoms with E-state index >= 15 is 0 Å². The summed E-state index contributed by atoms with van der Waals surface area (Å²) < 4.78 is 5.60. The van der Waals surface area contributed by atoms with Gasteiger partial charge in [0.1, 0.15) is 0 Å². The number of hydrogen-bond acceptors (Lipinski definition) is 4. The highest BCUT2D eigenvalue weighted by molar-refractivity contribution is 5.35. The lowest BCUT2D eigenvalue weighted by Gasteiger charge is -2.22. The lowest BCUT2D eigenvalue weighted by atomic mass is 9.83. The first kappa shape index (κ1) is 13.0. The molecule has 110 valence electrons. The van der Waals surface area contributed by atoms with E-state index in [0.717, 1.165) is 44.4 Å². The summed E-state index contributed by atoms with van der Waals surface area (Å²) >= 11 is 0. The van der Waals surface area contributed by atoms with Gasteiger partial charge in [-0.3, -0.25) is 0 Å². The molecule has 4 nitrogen and oxygen atoms in total. The number of aromatic nitrogens is 2. The monoisotopic (exact) mass is 283 g/mol. The fourth-order valence-electron chi connectivity index (χ4n) is 3.82. The number of nitrogens with two attached hydrogens (primary N) is 1. The van der Waals surface area contributed by atoms with Crippen LogP contribution in [0.1, 0.15) is 67.3 Å². The molecule has 0 spiro atoms. The molecule has 2 aromatic rings. The van der Waals surface area contributed by atoms with Gasteiger partial charge in [-0.15, -0.1) is 0 Å². The molecule has 0 amide bonds. The molecule has 2 aliphatic rings. The Kier molecular flexibility index (Phi) is 3.07. The normalized spacial score (nSPS) is 24.0. The Hall–Kier alpha value is -1.68. The maximum atomic E-state index is 6.43. The van der Waals surface area contributed by atoms with Gasteiger partial charge in [0.25, 0.3) is 0 Å². The molecule has 1 atom stereocenters. The largest absolute Gasteiger partial charge is 0.339 e. The molecule has 1 aromatic heterocycles. The lowest BCUT2D eigenvalue weighted by Crippen LogP contribution is -2.34. The van der Waals surface area contributed by atoms with Crippen molar-refractivity contribution in [2.45, 2.75) is 56.4 Å². The van der Waals surface area contributed by atoms with E-state index < -0.39 is 0 Å². The summed E-state index contributed by atoms with van der Waals surface area (Å²) in [5.41, 5.74) is 8.83. The number of rotatable bonds is 2. The summed E-state index contributed by atoms with van der Waals surface area (Å²) in [5, 5.41) is 4.21. The van der Waals surface area contributed by atoms with Crippen LogP contribution in [0, 0.1) is 0 Å². The van der Waals surface area contributed by atoms with Gasteiger partial charge in [0.05, 0.1) is 11.5 Å². The molecular formula is C17H21N3O. The first-order chi connectivity index (χ1) is 10.3. The zero-order chi connectivity index (χ0) is 14.3. The Bertz CT molecular complexity index is 643. The third-order valence-electron chi connectivity index (χ3n) is 5.05. The first-order valence-corrected chi connectivity index (χ1v) is 7.97. The topological polar surface area (TPSA) is 64.9 Å². The highest BCUT2D eigenvalue weighted by atomic mass is 16.5. The van der Waals surface area contributed by atoms with E-state index in [1.54, 1.807) is 0 Å². The van der Waals surface area contributed by atoms with Gasteiger partial charge in [-0.05, 0) is 43.2 Å². The predicted molar refractivity (Wildman–Crippen MR) is 79.9 cm³/mol. The summed E-state index contributed by atoms with van der Waals surface area (Å²) in [6, 6.07) is 8.60. The second-order valence-electron chi connectivity index (χ2n) is 6.46.